The summed E-state index contributed by atoms with van der Waals surface area (Å²) in [5.74, 6) is 0.0231. The Labute approximate surface area is 209 Å². The van der Waals surface area contributed by atoms with Crippen LogP contribution in [-0.2, 0) is 9.59 Å². The number of benzene rings is 1. The minimum absolute atomic E-state index is 0.0793. The Morgan fingerprint density at radius 1 is 1.09 bits per heavy atom. The van der Waals surface area contributed by atoms with Crippen molar-refractivity contribution in [1.82, 2.24) is 10.6 Å². The number of nitrogens with one attached hydrogen (secondary N) is 2. The molecule has 1 aliphatic rings. The van der Waals surface area contributed by atoms with Crippen LogP contribution >= 0.6 is 11.3 Å². The van der Waals surface area contributed by atoms with Crippen molar-refractivity contribution in [2.45, 2.75) is 58.5 Å². The SMILES string of the molecule is Cc1ccc(N(C(=O)CNC(=O)c2cccs2)[C@H](C(=O)NC2CCCC2)c2ccc(C)o2)c(C)c1. The number of carbonyl (C=O) groups is 3. The fourth-order valence-electron chi connectivity index (χ4n) is 4.55. The van der Waals surface area contributed by atoms with E-state index < -0.39 is 11.9 Å². The summed E-state index contributed by atoms with van der Waals surface area (Å²) >= 11 is 1.30. The molecule has 7 nitrogen and oxygen atoms in total. The number of furan rings is 1. The van der Waals surface area contributed by atoms with E-state index in [1.807, 2.05) is 32.0 Å². The van der Waals surface area contributed by atoms with E-state index in [4.69, 9.17) is 4.42 Å². The standard InChI is InChI=1S/C27H31N3O4S/c1-17-10-12-21(18(2)15-17)30(24(31)16-28-26(32)23-9-6-14-35-23)25(22-13-11-19(3)34-22)27(33)29-20-7-4-5-8-20/h6,9-15,20,25H,4-5,7-8,16H2,1-3H3,(H,28,32)(H,29,33)/t25-/m0/s1. The second-order valence-corrected chi connectivity index (χ2v) is 10.0. The van der Waals surface area contributed by atoms with Crippen molar-refractivity contribution in [1.29, 1.82) is 0 Å². The highest BCUT2D eigenvalue weighted by molar-refractivity contribution is 7.12. The smallest absolute Gasteiger partial charge is 0.261 e. The molecule has 3 amide bonds. The minimum Gasteiger partial charge on any atom is -0.464 e. The van der Waals surface area contributed by atoms with Gasteiger partial charge in [0.1, 0.15) is 11.5 Å². The lowest BCUT2D eigenvalue weighted by atomic mass is 10.0. The van der Waals surface area contributed by atoms with Gasteiger partial charge in [-0.1, -0.05) is 36.6 Å². The first-order valence-corrected chi connectivity index (χ1v) is 12.8. The normalized spacial score (nSPS) is 14.5. The average Bonchev–Trinajstić information content (AvgIpc) is 3.59. The topological polar surface area (TPSA) is 91.7 Å². The molecule has 8 heteroatoms. The molecule has 1 saturated carbocycles. The average molecular weight is 494 g/mol. The van der Waals surface area contributed by atoms with E-state index in [1.54, 1.807) is 36.6 Å². The molecule has 1 aromatic carbocycles. The Morgan fingerprint density at radius 2 is 1.86 bits per heavy atom. The maximum atomic E-state index is 13.7. The van der Waals surface area contributed by atoms with E-state index in [-0.39, 0.29) is 24.4 Å². The zero-order valence-corrected chi connectivity index (χ0v) is 21.1. The fourth-order valence-corrected chi connectivity index (χ4v) is 5.19. The van der Waals surface area contributed by atoms with E-state index in [2.05, 4.69) is 10.6 Å². The van der Waals surface area contributed by atoms with Crippen molar-refractivity contribution in [3.05, 3.63) is 75.4 Å². The summed E-state index contributed by atoms with van der Waals surface area (Å²) < 4.78 is 5.89. The summed E-state index contributed by atoms with van der Waals surface area (Å²) in [6.07, 6.45) is 3.99. The van der Waals surface area contributed by atoms with Crippen molar-refractivity contribution < 1.29 is 18.8 Å². The molecule has 184 valence electrons. The molecule has 0 bridgehead atoms. The van der Waals surface area contributed by atoms with Crippen LogP contribution in [0.25, 0.3) is 0 Å². The molecule has 1 fully saturated rings. The summed E-state index contributed by atoms with van der Waals surface area (Å²) in [6, 6.07) is 11.8. The molecule has 4 rings (SSSR count). The third kappa shape index (κ3) is 5.82. The van der Waals surface area contributed by atoms with Crippen LogP contribution in [0.1, 0.15) is 64.0 Å². The number of rotatable bonds is 8. The van der Waals surface area contributed by atoms with Crippen LogP contribution < -0.4 is 15.5 Å². The molecule has 3 aromatic rings. The second-order valence-electron chi connectivity index (χ2n) is 9.05. The number of nitrogens with zero attached hydrogens (tertiary/aromatic N) is 1. The van der Waals surface area contributed by atoms with E-state index in [9.17, 15) is 14.4 Å². The monoisotopic (exact) mass is 493 g/mol. The number of aryl methyl sites for hydroxylation is 3. The van der Waals surface area contributed by atoms with E-state index in [0.29, 0.717) is 22.1 Å². The highest BCUT2D eigenvalue weighted by Gasteiger charge is 2.37. The Balaban J connectivity index is 1.69. The maximum absolute atomic E-state index is 13.7. The van der Waals surface area contributed by atoms with Crippen molar-refractivity contribution in [3.8, 4) is 0 Å². The number of hydrogen-bond acceptors (Lipinski definition) is 5. The van der Waals surface area contributed by atoms with Crippen LogP contribution in [-0.4, -0.2) is 30.3 Å². The number of amides is 3. The van der Waals surface area contributed by atoms with Gasteiger partial charge in [0.15, 0.2) is 6.04 Å². The summed E-state index contributed by atoms with van der Waals surface area (Å²) in [4.78, 5) is 41.9. The lowest BCUT2D eigenvalue weighted by Crippen LogP contribution is -2.49. The zero-order chi connectivity index (χ0) is 24.9. The van der Waals surface area contributed by atoms with Crippen LogP contribution in [0.4, 0.5) is 5.69 Å². The quantitative estimate of drug-likeness (QED) is 0.470. The van der Waals surface area contributed by atoms with Gasteiger partial charge in [0, 0.05) is 11.7 Å². The van der Waals surface area contributed by atoms with Gasteiger partial charge in [0.25, 0.3) is 11.8 Å². The Bertz CT molecular complexity index is 1190. The first-order chi connectivity index (χ1) is 16.8. The highest BCUT2D eigenvalue weighted by Crippen LogP contribution is 2.32. The molecule has 0 radical (unpaired) electrons. The second kappa shape index (κ2) is 10.9. The van der Waals surface area contributed by atoms with Crippen LogP contribution in [0.5, 0.6) is 0 Å². The van der Waals surface area contributed by atoms with E-state index >= 15 is 0 Å². The molecule has 0 aliphatic heterocycles. The van der Waals surface area contributed by atoms with Crippen LogP contribution in [0.15, 0.2) is 52.3 Å². The summed E-state index contributed by atoms with van der Waals surface area (Å²) in [7, 11) is 0. The number of thiophene rings is 1. The van der Waals surface area contributed by atoms with Gasteiger partial charge < -0.3 is 15.1 Å². The zero-order valence-electron chi connectivity index (χ0n) is 20.3. The molecular formula is C27H31N3O4S. The molecule has 2 N–H and O–H groups in total. The van der Waals surface area contributed by atoms with Gasteiger partial charge in [-0.3, -0.25) is 19.3 Å². The molecule has 0 spiro atoms. The number of carbonyl (C=O) groups excluding carboxylic acids is 3. The molecule has 2 heterocycles. The molecular weight excluding hydrogens is 462 g/mol. The van der Waals surface area contributed by atoms with Gasteiger partial charge in [-0.15, -0.1) is 11.3 Å². The summed E-state index contributed by atoms with van der Waals surface area (Å²) in [5.41, 5.74) is 2.50. The van der Waals surface area contributed by atoms with Crippen molar-refractivity contribution in [2.24, 2.45) is 0 Å². The third-order valence-corrected chi connectivity index (χ3v) is 7.13. The van der Waals surface area contributed by atoms with Crippen molar-refractivity contribution >= 4 is 34.7 Å². The van der Waals surface area contributed by atoms with Gasteiger partial charge in [0.05, 0.1) is 11.4 Å². The Morgan fingerprint density at radius 3 is 2.49 bits per heavy atom. The molecule has 0 saturated heterocycles. The van der Waals surface area contributed by atoms with Crippen molar-refractivity contribution in [2.75, 3.05) is 11.4 Å². The molecule has 1 aliphatic carbocycles. The van der Waals surface area contributed by atoms with Gasteiger partial charge in [0.2, 0.25) is 5.91 Å². The molecule has 2 aromatic heterocycles. The summed E-state index contributed by atoms with van der Waals surface area (Å²) in [5, 5.41) is 7.65. The summed E-state index contributed by atoms with van der Waals surface area (Å²) in [6.45, 7) is 5.44. The lowest BCUT2D eigenvalue weighted by molar-refractivity contribution is -0.127. The first kappa shape index (κ1) is 24.7. The third-order valence-electron chi connectivity index (χ3n) is 6.26. The highest BCUT2D eigenvalue weighted by atomic mass is 32.1. The predicted molar refractivity (Wildman–Crippen MR) is 137 cm³/mol. The molecule has 1 atom stereocenters. The van der Waals surface area contributed by atoms with Crippen LogP contribution in [0.2, 0.25) is 0 Å². The van der Waals surface area contributed by atoms with Crippen LogP contribution in [0.3, 0.4) is 0 Å². The fraction of sp³-hybridized carbons (Fsp3) is 0.370. The Hall–Kier alpha value is -3.39. The van der Waals surface area contributed by atoms with E-state index in [0.717, 1.165) is 36.8 Å². The Kier molecular flexibility index (Phi) is 7.70. The first-order valence-electron chi connectivity index (χ1n) is 11.9. The van der Waals surface area contributed by atoms with Gasteiger partial charge in [-0.05, 0) is 68.8 Å². The van der Waals surface area contributed by atoms with Gasteiger partial charge in [-0.2, -0.15) is 0 Å². The molecule has 35 heavy (non-hydrogen) atoms. The van der Waals surface area contributed by atoms with Gasteiger partial charge in [-0.25, -0.2) is 0 Å². The van der Waals surface area contributed by atoms with E-state index in [1.165, 1.54) is 16.2 Å². The largest absolute Gasteiger partial charge is 0.464 e. The number of anilines is 1. The molecule has 0 unspecified atom stereocenters. The van der Waals surface area contributed by atoms with Gasteiger partial charge >= 0.3 is 0 Å². The van der Waals surface area contributed by atoms with Crippen molar-refractivity contribution in [3.63, 3.8) is 0 Å². The number of hydrogen-bond donors (Lipinski definition) is 2. The minimum atomic E-state index is -1.00. The maximum Gasteiger partial charge on any atom is 0.261 e. The predicted octanol–water partition coefficient (Wildman–Crippen LogP) is 4.83. The lowest BCUT2D eigenvalue weighted by Gasteiger charge is -2.32. The van der Waals surface area contributed by atoms with Crippen LogP contribution in [0, 0.1) is 20.8 Å².